The van der Waals surface area contributed by atoms with Crippen LogP contribution >= 0.6 is 0 Å². The van der Waals surface area contributed by atoms with Gasteiger partial charge < -0.3 is 14.9 Å². The first-order chi connectivity index (χ1) is 7.18. The molecule has 0 unspecified atom stereocenters. The van der Waals surface area contributed by atoms with E-state index in [1.165, 1.54) is 0 Å². The van der Waals surface area contributed by atoms with Crippen molar-refractivity contribution in [2.75, 3.05) is 5.73 Å². The van der Waals surface area contributed by atoms with Crippen molar-refractivity contribution in [1.82, 2.24) is 9.13 Å². The lowest BCUT2D eigenvalue weighted by atomic mass is 10.3. The minimum Gasteiger partial charge on any atom is -0.397 e. The average Bonchev–Trinajstić information content (AvgIpc) is 2.96. The van der Waals surface area contributed by atoms with E-state index in [4.69, 9.17) is 5.73 Å². The lowest BCUT2D eigenvalue weighted by Gasteiger charge is -2.03. The number of fused-ring (bicyclic) bond motifs is 1. The Morgan fingerprint density at radius 1 is 1.47 bits per heavy atom. The quantitative estimate of drug-likeness (QED) is 0.758. The predicted molar refractivity (Wildman–Crippen MR) is 59.9 cm³/mol. The number of anilines is 1. The Hall–Kier alpha value is -1.71. The highest BCUT2D eigenvalue weighted by Crippen LogP contribution is 2.34. The molecule has 2 heterocycles. The Labute approximate surface area is 86.9 Å². The number of hydrogen-bond acceptors (Lipinski definition) is 2. The van der Waals surface area contributed by atoms with Gasteiger partial charge in [-0.05, 0) is 18.9 Å². The van der Waals surface area contributed by atoms with E-state index in [0.717, 1.165) is 18.4 Å². The fourth-order valence-corrected chi connectivity index (χ4v) is 2.09. The van der Waals surface area contributed by atoms with E-state index in [1.807, 2.05) is 23.9 Å². The molecule has 0 aromatic carbocycles. The number of aromatic nitrogens is 2. The smallest absolute Gasteiger partial charge is 0.262 e. The van der Waals surface area contributed by atoms with E-state index >= 15 is 0 Å². The van der Waals surface area contributed by atoms with Crippen molar-refractivity contribution in [3.05, 3.63) is 28.8 Å². The van der Waals surface area contributed by atoms with Crippen LogP contribution in [-0.2, 0) is 7.05 Å². The molecule has 15 heavy (non-hydrogen) atoms. The molecule has 4 heteroatoms. The maximum atomic E-state index is 12.1. The van der Waals surface area contributed by atoms with E-state index < -0.39 is 0 Å². The fourth-order valence-electron chi connectivity index (χ4n) is 2.09. The molecule has 1 aliphatic carbocycles. The Balaban J connectivity index is 2.41. The van der Waals surface area contributed by atoms with Crippen LogP contribution in [0.25, 0.3) is 10.9 Å². The summed E-state index contributed by atoms with van der Waals surface area (Å²) in [5, 5.41) is 0.659. The van der Waals surface area contributed by atoms with Crippen LogP contribution in [0, 0.1) is 0 Å². The third-order valence-corrected chi connectivity index (χ3v) is 3.04. The van der Waals surface area contributed by atoms with Gasteiger partial charge >= 0.3 is 0 Å². The van der Waals surface area contributed by atoms with Crippen molar-refractivity contribution in [3.8, 4) is 0 Å². The maximum Gasteiger partial charge on any atom is 0.262 e. The molecule has 0 atom stereocenters. The predicted octanol–water partition coefficient (Wildman–Crippen LogP) is 1.26. The Morgan fingerprint density at radius 2 is 2.20 bits per heavy atom. The van der Waals surface area contributed by atoms with Crippen LogP contribution in [0.2, 0.25) is 0 Å². The van der Waals surface area contributed by atoms with E-state index in [-0.39, 0.29) is 5.56 Å². The molecule has 0 bridgehead atoms. The van der Waals surface area contributed by atoms with Gasteiger partial charge in [-0.1, -0.05) is 0 Å². The molecule has 2 N–H and O–H groups in total. The summed E-state index contributed by atoms with van der Waals surface area (Å²) in [6.45, 7) is 0. The number of pyridine rings is 1. The first-order valence-electron chi connectivity index (χ1n) is 5.14. The molecule has 1 saturated carbocycles. The summed E-state index contributed by atoms with van der Waals surface area (Å²) in [6.07, 6.45) is 5.89. The van der Waals surface area contributed by atoms with Gasteiger partial charge in [0.05, 0.1) is 16.6 Å². The van der Waals surface area contributed by atoms with Crippen molar-refractivity contribution < 1.29 is 0 Å². The van der Waals surface area contributed by atoms with Crippen LogP contribution in [-0.4, -0.2) is 9.13 Å². The van der Waals surface area contributed by atoms with Crippen molar-refractivity contribution in [3.63, 3.8) is 0 Å². The van der Waals surface area contributed by atoms with E-state index in [0.29, 0.717) is 17.1 Å². The third kappa shape index (κ3) is 1.11. The number of rotatable bonds is 1. The number of hydrogen-bond donors (Lipinski definition) is 1. The van der Waals surface area contributed by atoms with Crippen molar-refractivity contribution in [2.45, 2.75) is 18.9 Å². The van der Waals surface area contributed by atoms with Gasteiger partial charge in [0.1, 0.15) is 0 Å². The first kappa shape index (κ1) is 8.59. The van der Waals surface area contributed by atoms with Crippen LogP contribution < -0.4 is 11.3 Å². The number of nitrogens with zero attached hydrogens (tertiary/aromatic N) is 2. The molecule has 2 aromatic rings. The van der Waals surface area contributed by atoms with E-state index in [9.17, 15) is 4.79 Å². The molecule has 3 rings (SSSR count). The fraction of sp³-hybridized carbons (Fsp3) is 0.364. The summed E-state index contributed by atoms with van der Waals surface area (Å²) in [5.74, 6) is 0. The summed E-state index contributed by atoms with van der Waals surface area (Å²) in [6, 6.07) is 2.37. The van der Waals surface area contributed by atoms with Gasteiger partial charge in [-0.3, -0.25) is 4.79 Å². The maximum absolute atomic E-state index is 12.1. The number of nitrogens with two attached hydrogens (primary N) is 1. The topological polar surface area (TPSA) is 52.9 Å². The number of aryl methyl sites for hydroxylation is 1. The molecule has 0 radical (unpaired) electrons. The van der Waals surface area contributed by atoms with Crippen LogP contribution in [0.4, 0.5) is 5.69 Å². The van der Waals surface area contributed by atoms with Crippen LogP contribution in [0.15, 0.2) is 23.3 Å². The van der Waals surface area contributed by atoms with Crippen molar-refractivity contribution in [1.29, 1.82) is 0 Å². The van der Waals surface area contributed by atoms with Gasteiger partial charge in [0.25, 0.3) is 5.56 Å². The van der Waals surface area contributed by atoms with Gasteiger partial charge in [-0.25, -0.2) is 0 Å². The molecule has 0 saturated heterocycles. The summed E-state index contributed by atoms with van der Waals surface area (Å²) in [7, 11) is 1.90. The SMILES string of the molecule is Cn1cc(N)c2c(=O)n(C3CC3)ccc21. The minimum absolute atomic E-state index is 0.0492. The highest BCUT2D eigenvalue weighted by atomic mass is 16.1. The summed E-state index contributed by atoms with van der Waals surface area (Å²) >= 11 is 0. The largest absolute Gasteiger partial charge is 0.397 e. The molecule has 0 spiro atoms. The number of nitrogen functional groups attached to an aromatic ring is 1. The highest BCUT2D eigenvalue weighted by Gasteiger charge is 2.25. The van der Waals surface area contributed by atoms with E-state index in [1.54, 1.807) is 10.8 Å². The zero-order chi connectivity index (χ0) is 10.6. The average molecular weight is 203 g/mol. The second kappa shape index (κ2) is 2.66. The van der Waals surface area contributed by atoms with Crippen LogP contribution in [0.1, 0.15) is 18.9 Å². The van der Waals surface area contributed by atoms with Gasteiger partial charge in [-0.15, -0.1) is 0 Å². The van der Waals surface area contributed by atoms with Crippen molar-refractivity contribution in [2.24, 2.45) is 7.05 Å². The van der Waals surface area contributed by atoms with Crippen LogP contribution in [0.3, 0.4) is 0 Å². The molecule has 1 aliphatic rings. The van der Waals surface area contributed by atoms with E-state index in [2.05, 4.69) is 0 Å². The Bertz CT molecular complexity index is 590. The Morgan fingerprint density at radius 3 is 2.87 bits per heavy atom. The molecule has 0 amide bonds. The lowest BCUT2D eigenvalue weighted by Crippen LogP contribution is -2.18. The Kier molecular flexibility index (Phi) is 1.52. The molecular weight excluding hydrogens is 190 g/mol. The minimum atomic E-state index is 0.0492. The molecule has 0 aliphatic heterocycles. The summed E-state index contributed by atoms with van der Waals surface area (Å²) < 4.78 is 3.70. The van der Waals surface area contributed by atoms with Gasteiger partial charge in [-0.2, -0.15) is 0 Å². The second-order valence-corrected chi connectivity index (χ2v) is 4.21. The standard InChI is InChI=1S/C11H13N3O/c1-13-6-8(12)10-9(13)4-5-14(11(10)15)7-2-3-7/h4-7H,2-3,12H2,1H3. The molecule has 2 aromatic heterocycles. The first-order valence-corrected chi connectivity index (χ1v) is 5.14. The van der Waals surface area contributed by atoms with Gasteiger partial charge in [0, 0.05) is 25.5 Å². The monoisotopic (exact) mass is 203 g/mol. The molecule has 4 nitrogen and oxygen atoms in total. The highest BCUT2D eigenvalue weighted by molar-refractivity contribution is 5.90. The van der Waals surface area contributed by atoms with Crippen molar-refractivity contribution >= 4 is 16.6 Å². The molecule has 78 valence electrons. The third-order valence-electron chi connectivity index (χ3n) is 3.04. The zero-order valence-electron chi connectivity index (χ0n) is 8.60. The normalized spacial score (nSPS) is 16.1. The molecule has 1 fully saturated rings. The molecular formula is C11H13N3O. The van der Waals surface area contributed by atoms with Gasteiger partial charge in [0.15, 0.2) is 0 Å². The second-order valence-electron chi connectivity index (χ2n) is 4.21. The van der Waals surface area contributed by atoms with Gasteiger partial charge in [0.2, 0.25) is 0 Å². The summed E-state index contributed by atoms with van der Waals surface area (Å²) in [5.41, 5.74) is 7.37. The zero-order valence-corrected chi connectivity index (χ0v) is 8.60. The lowest BCUT2D eigenvalue weighted by molar-refractivity contribution is 0.714. The van der Waals surface area contributed by atoms with Crippen LogP contribution in [0.5, 0.6) is 0 Å². The summed E-state index contributed by atoms with van der Waals surface area (Å²) in [4.78, 5) is 12.1.